The van der Waals surface area contributed by atoms with Gasteiger partial charge in [0.1, 0.15) is 19.2 Å². The highest BCUT2D eigenvalue weighted by Crippen LogP contribution is 2.47. The lowest BCUT2D eigenvalue weighted by atomic mass is 9.96. The molecule has 0 amide bonds. The summed E-state index contributed by atoms with van der Waals surface area (Å²) in [6.07, 6.45) is 0. The molecule has 0 bridgehead atoms. The number of nitrogens with zero attached hydrogens (tertiary/aromatic N) is 1. The van der Waals surface area contributed by atoms with E-state index in [1.807, 2.05) is 0 Å². The van der Waals surface area contributed by atoms with Crippen LogP contribution in [0.2, 0.25) is 13.1 Å². The van der Waals surface area contributed by atoms with Gasteiger partial charge >= 0.3 is 0 Å². The van der Waals surface area contributed by atoms with Crippen LogP contribution in [0.3, 0.4) is 0 Å². The smallest absolute Gasteiger partial charge is 0.136 e. The third-order valence-electron chi connectivity index (χ3n) is 9.65. The Morgan fingerprint density at radius 2 is 1.18 bits per heavy atom. The van der Waals surface area contributed by atoms with E-state index in [1.165, 1.54) is 59.9 Å². The Balaban J connectivity index is 1.26. The molecule has 8 aromatic rings. The fourth-order valence-electron chi connectivity index (χ4n) is 7.43. The number of anilines is 3. The Morgan fingerprint density at radius 3 is 2.02 bits per heavy atom. The molecule has 1 aromatic heterocycles. The van der Waals surface area contributed by atoms with Crippen LogP contribution in [0.1, 0.15) is 0 Å². The molecule has 1 aliphatic rings. The van der Waals surface area contributed by atoms with E-state index in [2.05, 4.69) is 170 Å². The molecule has 0 N–H and O–H groups in total. The first-order valence-corrected chi connectivity index (χ1v) is 18.6. The first-order chi connectivity index (χ1) is 22.1. The van der Waals surface area contributed by atoms with E-state index >= 15 is 0 Å². The molecule has 214 valence electrons. The quantitative estimate of drug-likeness (QED) is 0.189. The number of furan rings is 1. The third kappa shape index (κ3) is 3.94. The van der Waals surface area contributed by atoms with Crippen molar-refractivity contribution in [2.24, 2.45) is 0 Å². The van der Waals surface area contributed by atoms with Crippen LogP contribution in [-0.2, 0) is 0 Å². The van der Waals surface area contributed by atoms with E-state index in [9.17, 15) is 0 Å². The number of hydrogen-bond acceptors (Lipinski definition) is 2. The zero-order valence-corrected chi connectivity index (χ0v) is 26.3. The minimum Gasteiger partial charge on any atom is -0.456 e. The van der Waals surface area contributed by atoms with Crippen molar-refractivity contribution in [2.75, 3.05) is 4.90 Å². The first kappa shape index (κ1) is 26.1. The van der Waals surface area contributed by atoms with Crippen molar-refractivity contribution in [1.82, 2.24) is 0 Å². The van der Waals surface area contributed by atoms with Crippen molar-refractivity contribution in [2.45, 2.75) is 13.1 Å². The van der Waals surface area contributed by atoms with Crippen LogP contribution in [0, 0.1) is 0 Å². The van der Waals surface area contributed by atoms with Gasteiger partial charge in [-0.15, -0.1) is 0 Å². The highest BCUT2D eigenvalue weighted by molar-refractivity contribution is 7.04. The summed E-state index contributed by atoms with van der Waals surface area (Å²) < 4.78 is 6.41. The second-order valence-electron chi connectivity index (χ2n) is 12.6. The Kier molecular flexibility index (Phi) is 5.68. The highest BCUT2D eigenvalue weighted by Gasteiger charge is 2.41. The van der Waals surface area contributed by atoms with Crippen LogP contribution in [-0.4, -0.2) is 8.07 Å². The second kappa shape index (κ2) is 9.81. The molecule has 0 atom stereocenters. The number of para-hydroxylation sites is 2. The average molecular weight is 594 g/mol. The van der Waals surface area contributed by atoms with Crippen molar-refractivity contribution >= 4 is 68.2 Å². The Morgan fingerprint density at radius 1 is 0.489 bits per heavy atom. The Bertz CT molecular complexity index is 2400. The van der Waals surface area contributed by atoms with Gasteiger partial charge in [0.25, 0.3) is 0 Å². The van der Waals surface area contributed by atoms with Crippen LogP contribution in [0.4, 0.5) is 17.1 Å². The maximum Gasteiger partial charge on any atom is 0.136 e. The van der Waals surface area contributed by atoms with E-state index in [1.54, 1.807) is 0 Å². The largest absolute Gasteiger partial charge is 0.456 e. The molecule has 0 spiro atoms. The second-order valence-corrected chi connectivity index (χ2v) is 16.9. The standard InChI is InChI=1S/C42H31NOSi/c1-45(2)38-18-10-16-35(41(38)42-39(45)26-25-37-40(42)34-15-8-9-17-36(34)44-37)43(32-13-4-3-5-14-32)33-23-21-29(22-24-33)31-20-19-28-11-6-7-12-30(28)27-31/h3-27H,1-2H3. The van der Waals surface area contributed by atoms with Crippen molar-refractivity contribution in [1.29, 1.82) is 0 Å². The molecule has 7 aromatic carbocycles. The molecule has 3 heteroatoms. The summed E-state index contributed by atoms with van der Waals surface area (Å²) in [5, 5.41) is 7.88. The summed E-state index contributed by atoms with van der Waals surface area (Å²) >= 11 is 0. The molecule has 2 nitrogen and oxygen atoms in total. The Labute approximate surface area is 263 Å². The van der Waals surface area contributed by atoms with Gasteiger partial charge in [-0.2, -0.15) is 0 Å². The van der Waals surface area contributed by atoms with Crippen LogP contribution < -0.4 is 15.3 Å². The van der Waals surface area contributed by atoms with Crippen molar-refractivity contribution in [3.8, 4) is 22.3 Å². The summed E-state index contributed by atoms with van der Waals surface area (Å²) in [5.74, 6) is 0. The molecule has 0 unspecified atom stereocenters. The van der Waals surface area contributed by atoms with E-state index in [4.69, 9.17) is 4.42 Å². The van der Waals surface area contributed by atoms with Crippen molar-refractivity contribution in [3.63, 3.8) is 0 Å². The maximum atomic E-state index is 6.41. The maximum absolute atomic E-state index is 6.41. The normalized spacial score (nSPS) is 13.3. The summed E-state index contributed by atoms with van der Waals surface area (Å²) in [7, 11) is -1.98. The summed E-state index contributed by atoms with van der Waals surface area (Å²) in [4.78, 5) is 2.43. The van der Waals surface area contributed by atoms with E-state index in [-0.39, 0.29) is 0 Å². The molecular weight excluding hydrogens is 563 g/mol. The van der Waals surface area contributed by atoms with Gasteiger partial charge < -0.3 is 9.32 Å². The number of hydrogen-bond donors (Lipinski definition) is 0. The molecule has 9 rings (SSSR count). The zero-order valence-electron chi connectivity index (χ0n) is 25.3. The highest BCUT2D eigenvalue weighted by atomic mass is 28.3. The fourth-order valence-corrected chi connectivity index (χ4v) is 10.5. The lowest BCUT2D eigenvalue weighted by molar-refractivity contribution is 0.669. The molecule has 45 heavy (non-hydrogen) atoms. The molecule has 0 aliphatic carbocycles. The molecule has 0 fully saturated rings. The van der Waals surface area contributed by atoms with Crippen molar-refractivity contribution in [3.05, 3.63) is 152 Å². The van der Waals surface area contributed by atoms with Gasteiger partial charge in [-0.3, -0.25) is 0 Å². The van der Waals surface area contributed by atoms with Gasteiger partial charge in [0.15, 0.2) is 0 Å². The Hall–Kier alpha value is -5.38. The van der Waals surface area contributed by atoms with Gasteiger partial charge in [0.2, 0.25) is 0 Å². The van der Waals surface area contributed by atoms with Gasteiger partial charge in [-0.1, -0.05) is 116 Å². The minimum atomic E-state index is -1.98. The third-order valence-corrected chi connectivity index (χ3v) is 13.2. The monoisotopic (exact) mass is 593 g/mol. The summed E-state index contributed by atoms with van der Waals surface area (Å²) in [6, 6.07) is 55.0. The van der Waals surface area contributed by atoms with Gasteiger partial charge in [-0.05, 0) is 86.4 Å². The van der Waals surface area contributed by atoms with E-state index in [0.29, 0.717) is 0 Å². The molecule has 2 heterocycles. The van der Waals surface area contributed by atoms with E-state index in [0.717, 1.165) is 22.5 Å². The summed E-state index contributed by atoms with van der Waals surface area (Å²) in [5.41, 5.74) is 10.5. The molecule has 0 radical (unpaired) electrons. The minimum absolute atomic E-state index is 0.940. The van der Waals surface area contributed by atoms with Gasteiger partial charge in [-0.25, -0.2) is 0 Å². The van der Waals surface area contributed by atoms with Crippen molar-refractivity contribution < 1.29 is 4.42 Å². The number of rotatable bonds is 4. The topological polar surface area (TPSA) is 16.4 Å². The average Bonchev–Trinajstić information content (AvgIpc) is 3.58. The fraction of sp³-hybridized carbons (Fsp3) is 0.0476. The summed E-state index contributed by atoms with van der Waals surface area (Å²) in [6.45, 7) is 4.97. The number of fused-ring (bicyclic) bond motifs is 8. The van der Waals surface area contributed by atoms with Crippen LogP contribution in [0.25, 0.3) is 55.0 Å². The lowest BCUT2D eigenvalue weighted by Gasteiger charge is -2.29. The molecule has 1 aliphatic heterocycles. The predicted molar refractivity (Wildman–Crippen MR) is 194 cm³/mol. The lowest BCUT2D eigenvalue weighted by Crippen LogP contribution is -2.49. The molecule has 0 saturated carbocycles. The van der Waals surface area contributed by atoms with E-state index < -0.39 is 8.07 Å². The predicted octanol–water partition coefficient (Wildman–Crippen LogP) is 10.7. The SMILES string of the molecule is C[Si]1(C)c2cccc(N(c3ccccc3)c3ccc(-c4ccc5ccccc5c4)cc3)c2-c2c1ccc1oc3ccccc3c21. The molecule has 0 saturated heterocycles. The zero-order chi connectivity index (χ0) is 30.1. The number of benzene rings is 7. The van der Waals surface area contributed by atoms with Gasteiger partial charge in [0, 0.05) is 27.7 Å². The van der Waals surface area contributed by atoms with Crippen LogP contribution in [0.15, 0.2) is 156 Å². The van der Waals surface area contributed by atoms with Crippen LogP contribution >= 0.6 is 0 Å². The first-order valence-electron chi connectivity index (χ1n) is 15.6. The van der Waals surface area contributed by atoms with Gasteiger partial charge in [0.05, 0.1) is 5.69 Å². The molecular formula is C42H31NOSi. The van der Waals surface area contributed by atoms with Crippen LogP contribution in [0.5, 0.6) is 0 Å².